The van der Waals surface area contributed by atoms with Crippen LogP contribution in [0.25, 0.3) is 0 Å². The van der Waals surface area contributed by atoms with E-state index < -0.39 is 17.7 Å². The number of ether oxygens (including phenoxy) is 2. The van der Waals surface area contributed by atoms with Crippen molar-refractivity contribution in [1.29, 1.82) is 0 Å². The van der Waals surface area contributed by atoms with E-state index in [0.29, 0.717) is 35.1 Å². The van der Waals surface area contributed by atoms with Crippen LogP contribution in [-0.2, 0) is 9.53 Å². The van der Waals surface area contributed by atoms with Crippen LogP contribution in [0.3, 0.4) is 0 Å². The maximum Gasteiger partial charge on any atom is 0.281 e. The van der Waals surface area contributed by atoms with Crippen LogP contribution in [-0.4, -0.2) is 62.7 Å². The number of hydrazine groups is 1. The van der Waals surface area contributed by atoms with Crippen LogP contribution in [0.5, 0.6) is 5.75 Å². The average molecular weight is 433 g/mol. The number of morpholine rings is 1. The third-order valence-electron chi connectivity index (χ3n) is 4.35. The molecule has 2 heterocycles. The number of amides is 3. The molecular weight excluding hydrogens is 410 g/mol. The molecule has 0 aliphatic carbocycles. The highest BCUT2D eigenvalue weighted by atomic mass is 32.1. The highest BCUT2D eigenvalue weighted by Crippen LogP contribution is 2.26. The van der Waals surface area contributed by atoms with Crippen LogP contribution in [0.2, 0.25) is 0 Å². The molecule has 0 bridgehead atoms. The fourth-order valence-corrected chi connectivity index (χ4v) is 3.73. The Morgan fingerprint density at radius 2 is 1.83 bits per heavy atom. The van der Waals surface area contributed by atoms with Gasteiger partial charge in [0.2, 0.25) is 0 Å². The lowest BCUT2D eigenvalue weighted by Gasteiger charge is -2.25. The van der Waals surface area contributed by atoms with E-state index in [2.05, 4.69) is 26.1 Å². The zero-order chi connectivity index (χ0) is 21.5. The summed E-state index contributed by atoms with van der Waals surface area (Å²) in [4.78, 5) is 43.3. The van der Waals surface area contributed by atoms with Gasteiger partial charge in [-0.25, -0.2) is 4.98 Å². The number of carbonyl (C=O) groups excluding carboxylic acids is 3. The molecule has 3 amide bonds. The van der Waals surface area contributed by atoms with Gasteiger partial charge in [0.05, 0.1) is 32.6 Å². The maximum absolute atomic E-state index is 12.4. The van der Waals surface area contributed by atoms with Crippen molar-refractivity contribution >= 4 is 34.2 Å². The Kier molecular flexibility index (Phi) is 7.20. The van der Waals surface area contributed by atoms with Crippen LogP contribution in [0.1, 0.15) is 25.7 Å². The fraction of sp³-hybridized carbons (Fsp3) is 0.368. The van der Waals surface area contributed by atoms with Crippen LogP contribution in [0.4, 0.5) is 5.13 Å². The van der Waals surface area contributed by atoms with Gasteiger partial charge in [-0.05, 0) is 31.2 Å². The lowest BCUT2D eigenvalue weighted by atomic mass is 10.2. The summed E-state index contributed by atoms with van der Waals surface area (Å²) in [6.07, 6.45) is 0. The number of methoxy groups -OCH3 is 1. The number of hydrogen-bond donors (Lipinski definition) is 3. The minimum absolute atomic E-state index is 0.286. The third-order valence-corrected chi connectivity index (χ3v) is 5.57. The Morgan fingerprint density at radius 1 is 1.13 bits per heavy atom. The normalized spacial score (nSPS) is 13.5. The van der Waals surface area contributed by atoms with Crippen molar-refractivity contribution in [3.8, 4) is 5.75 Å². The second-order valence-electron chi connectivity index (χ2n) is 6.42. The Morgan fingerprint density at radius 3 is 2.50 bits per heavy atom. The Hall–Kier alpha value is -3.18. The fourth-order valence-electron chi connectivity index (χ4n) is 2.72. The molecule has 11 heteroatoms. The van der Waals surface area contributed by atoms with Gasteiger partial charge >= 0.3 is 0 Å². The number of carbonyl (C=O) groups is 3. The van der Waals surface area contributed by atoms with E-state index in [0.717, 1.165) is 18.2 Å². The van der Waals surface area contributed by atoms with E-state index in [1.54, 1.807) is 31.2 Å². The molecule has 1 aromatic heterocycles. The van der Waals surface area contributed by atoms with Gasteiger partial charge in [0.1, 0.15) is 10.6 Å². The van der Waals surface area contributed by atoms with E-state index in [1.165, 1.54) is 18.4 Å². The predicted octanol–water partition coefficient (Wildman–Crippen LogP) is 0.488. The number of hydrogen-bond acceptors (Lipinski definition) is 8. The minimum Gasteiger partial charge on any atom is -0.497 e. The van der Waals surface area contributed by atoms with E-state index in [9.17, 15) is 14.4 Å². The van der Waals surface area contributed by atoms with Gasteiger partial charge in [0.15, 0.2) is 5.13 Å². The van der Waals surface area contributed by atoms with Crippen LogP contribution >= 0.6 is 11.3 Å². The molecule has 0 unspecified atom stereocenters. The van der Waals surface area contributed by atoms with Crippen LogP contribution in [0, 0.1) is 6.92 Å². The highest BCUT2D eigenvalue weighted by molar-refractivity contribution is 7.17. The number of anilines is 1. The SMILES string of the molecule is COc1ccc(C(=O)NCC(=O)NNC(=O)c2sc(N3CCOCC3)nc2C)cc1. The number of nitrogens with one attached hydrogen (secondary N) is 3. The first-order valence-electron chi connectivity index (χ1n) is 9.29. The lowest BCUT2D eigenvalue weighted by molar-refractivity contribution is -0.120. The molecule has 2 aromatic rings. The third kappa shape index (κ3) is 5.45. The second-order valence-corrected chi connectivity index (χ2v) is 7.40. The molecular formula is C19H23N5O5S. The number of nitrogens with zero attached hydrogens (tertiary/aromatic N) is 2. The summed E-state index contributed by atoms with van der Waals surface area (Å²) in [5, 5.41) is 3.24. The average Bonchev–Trinajstić information content (AvgIpc) is 3.18. The zero-order valence-electron chi connectivity index (χ0n) is 16.7. The van der Waals surface area contributed by atoms with Gasteiger partial charge in [0.25, 0.3) is 17.7 Å². The van der Waals surface area contributed by atoms with Gasteiger partial charge < -0.3 is 19.7 Å². The number of benzene rings is 1. The predicted molar refractivity (Wildman–Crippen MR) is 111 cm³/mol. The Labute approximate surface area is 177 Å². The summed E-state index contributed by atoms with van der Waals surface area (Å²) < 4.78 is 10.4. The summed E-state index contributed by atoms with van der Waals surface area (Å²) in [7, 11) is 1.53. The summed E-state index contributed by atoms with van der Waals surface area (Å²) >= 11 is 1.26. The molecule has 0 saturated carbocycles. The monoisotopic (exact) mass is 433 g/mol. The van der Waals surface area contributed by atoms with Crippen molar-refractivity contribution in [3.63, 3.8) is 0 Å². The number of rotatable bonds is 6. The molecule has 160 valence electrons. The molecule has 3 N–H and O–H groups in total. The van der Waals surface area contributed by atoms with E-state index in [-0.39, 0.29) is 6.54 Å². The molecule has 1 aliphatic heterocycles. The molecule has 1 fully saturated rings. The Balaban J connectivity index is 1.46. The van der Waals surface area contributed by atoms with Gasteiger partial charge in [-0.2, -0.15) is 0 Å². The van der Waals surface area contributed by atoms with Crippen LogP contribution in [0.15, 0.2) is 24.3 Å². The van der Waals surface area contributed by atoms with Crippen molar-refractivity contribution in [2.45, 2.75) is 6.92 Å². The van der Waals surface area contributed by atoms with E-state index in [4.69, 9.17) is 9.47 Å². The second kappa shape index (κ2) is 10.0. The smallest absolute Gasteiger partial charge is 0.281 e. The first kappa shape index (κ1) is 21.5. The molecule has 30 heavy (non-hydrogen) atoms. The molecule has 1 aromatic carbocycles. The summed E-state index contributed by atoms with van der Waals surface area (Å²) in [5.41, 5.74) is 5.63. The topological polar surface area (TPSA) is 122 Å². The number of aromatic nitrogens is 1. The first-order chi connectivity index (χ1) is 14.5. The standard InChI is InChI=1S/C19H23N5O5S/c1-12-16(30-19(21-12)24-7-9-29-10-8-24)18(27)23-22-15(25)11-20-17(26)13-3-5-14(28-2)6-4-13/h3-6H,7-11H2,1-2H3,(H,20,26)(H,22,25)(H,23,27). The largest absolute Gasteiger partial charge is 0.497 e. The minimum atomic E-state index is -0.555. The molecule has 0 spiro atoms. The van der Waals surface area contributed by atoms with Gasteiger partial charge in [-0.1, -0.05) is 11.3 Å². The van der Waals surface area contributed by atoms with Crippen molar-refractivity contribution in [2.24, 2.45) is 0 Å². The number of aryl methyl sites for hydroxylation is 1. The van der Waals surface area contributed by atoms with Crippen LogP contribution < -0.4 is 25.8 Å². The molecule has 1 aliphatic rings. The van der Waals surface area contributed by atoms with E-state index >= 15 is 0 Å². The highest BCUT2D eigenvalue weighted by Gasteiger charge is 2.20. The summed E-state index contributed by atoms with van der Waals surface area (Å²) in [6.45, 7) is 4.15. The molecule has 1 saturated heterocycles. The van der Waals surface area contributed by atoms with Crippen molar-refractivity contribution in [3.05, 3.63) is 40.4 Å². The van der Waals surface area contributed by atoms with Crippen molar-refractivity contribution < 1.29 is 23.9 Å². The maximum atomic E-state index is 12.4. The molecule has 10 nitrogen and oxygen atoms in total. The quantitative estimate of drug-likeness (QED) is 0.567. The number of thiazole rings is 1. The van der Waals surface area contributed by atoms with Gasteiger partial charge in [-0.3, -0.25) is 25.2 Å². The lowest BCUT2D eigenvalue weighted by Crippen LogP contribution is -2.46. The van der Waals surface area contributed by atoms with Crippen molar-refractivity contribution in [2.75, 3.05) is 44.9 Å². The van der Waals surface area contributed by atoms with Crippen molar-refractivity contribution in [1.82, 2.24) is 21.2 Å². The Bertz CT molecular complexity index is 909. The molecule has 0 radical (unpaired) electrons. The first-order valence-corrected chi connectivity index (χ1v) is 10.1. The van der Waals surface area contributed by atoms with Gasteiger partial charge in [-0.15, -0.1) is 0 Å². The molecule has 3 rings (SSSR count). The summed E-state index contributed by atoms with van der Waals surface area (Å²) in [5.74, 6) is -0.796. The summed E-state index contributed by atoms with van der Waals surface area (Å²) in [6, 6.07) is 6.48. The zero-order valence-corrected chi connectivity index (χ0v) is 17.5. The van der Waals surface area contributed by atoms with Gasteiger partial charge in [0, 0.05) is 18.7 Å². The molecule has 0 atom stereocenters. The van der Waals surface area contributed by atoms with E-state index in [1.807, 2.05) is 0 Å².